The Bertz CT molecular complexity index is 519. The van der Waals surface area contributed by atoms with Crippen molar-refractivity contribution in [3.05, 3.63) is 35.9 Å². The second kappa shape index (κ2) is 9.39. The molecule has 1 aromatic rings. The number of nitrogens with zero attached hydrogens (tertiary/aromatic N) is 1. The lowest BCUT2D eigenvalue weighted by molar-refractivity contribution is 0.592. The highest BCUT2D eigenvalue weighted by atomic mass is 32.2. The molecule has 0 spiro atoms. The van der Waals surface area contributed by atoms with Gasteiger partial charge in [-0.1, -0.05) is 30.3 Å². The lowest BCUT2D eigenvalue weighted by Gasteiger charge is -2.09. The summed E-state index contributed by atoms with van der Waals surface area (Å²) in [6, 6.07) is 9.27. The zero-order valence-electron chi connectivity index (χ0n) is 12.8. The van der Waals surface area contributed by atoms with Crippen LogP contribution in [0.5, 0.6) is 0 Å². The summed E-state index contributed by atoms with van der Waals surface area (Å²) < 4.78 is 24.0. The van der Waals surface area contributed by atoms with Gasteiger partial charge in [0.05, 0.1) is 11.5 Å². The predicted molar refractivity (Wildman–Crippen MR) is 88.2 cm³/mol. The Morgan fingerprint density at radius 2 is 1.71 bits per heavy atom. The Morgan fingerprint density at radius 1 is 1.10 bits per heavy atom. The largest absolute Gasteiger partial charge is 0.357 e. The number of hydrogen-bond donors (Lipinski definition) is 2. The van der Waals surface area contributed by atoms with E-state index in [0.717, 1.165) is 24.6 Å². The van der Waals surface area contributed by atoms with E-state index < -0.39 is 9.84 Å². The van der Waals surface area contributed by atoms with Gasteiger partial charge in [0.25, 0.3) is 0 Å². The van der Waals surface area contributed by atoms with E-state index in [9.17, 15) is 8.42 Å². The summed E-state index contributed by atoms with van der Waals surface area (Å²) in [6.07, 6.45) is 0.537. The van der Waals surface area contributed by atoms with Crippen LogP contribution in [0.4, 0.5) is 0 Å². The van der Waals surface area contributed by atoms with Crippen LogP contribution in [0.15, 0.2) is 35.3 Å². The molecule has 0 aliphatic heterocycles. The Balaban J connectivity index is 2.41. The van der Waals surface area contributed by atoms with Gasteiger partial charge in [-0.3, -0.25) is 4.99 Å². The first-order chi connectivity index (χ1) is 10.1. The summed E-state index contributed by atoms with van der Waals surface area (Å²) in [5, 5.41) is 6.22. The molecule has 0 atom stereocenters. The molecular formula is C15H25N3O2S. The van der Waals surface area contributed by atoms with E-state index in [0.29, 0.717) is 13.0 Å². The first-order valence-electron chi connectivity index (χ1n) is 7.34. The highest BCUT2D eigenvalue weighted by molar-refractivity contribution is 7.90. The van der Waals surface area contributed by atoms with Crippen molar-refractivity contribution >= 4 is 15.8 Å². The number of guanidine groups is 1. The first kappa shape index (κ1) is 17.5. The van der Waals surface area contributed by atoms with Crippen molar-refractivity contribution in [2.45, 2.75) is 26.0 Å². The lowest BCUT2D eigenvalue weighted by Crippen LogP contribution is -2.37. The van der Waals surface area contributed by atoms with Gasteiger partial charge in [-0.25, -0.2) is 8.42 Å². The molecule has 2 N–H and O–H groups in total. The molecule has 0 bridgehead atoms. The molecule has 118 valence electrons. The maximum atomic E-state index is 12.0. The summed E-state index contributed by atoms with van der Waals surface area (Å²) in [6.45, 7) is 6.08. The molecule has 1 aromatic carbocycles. The average molecular weight is 311 g/mol. The maximum Gasteiger partial charge on any atom is 0.191 e. The molecule has 0 amide bonds. The molecule has 0 heterocycles. The van der Waals surface area contributed by atoms with Crippen LogP contribution in [0.3, 0.4) is 0 Å². The highest BCUT2D eigenvalue weighted by Crippen LogP contribution is 2.07. The molecule has 0 radical (unpaired) electrons. The normalized spacial score (nSPS) is 11.0. The summed E-state index contributed by atoms with van der Waals surface area (Å²) in [4.78, 5) is 4.34. The molecule has 6 heteroatoms. The molecule has 21 heavy (non-hydrogen) atoms. The topological polar surface area (TPSA) is 70.6 Å². The minimum atomic E-state index is -3.07. The van der Waals surface area contributed by atoms with Gasteiger partial charge in [0.1, 0.15) is 0 Å². The third-order valence-corrected chi connectivity index (χ3v) is 4.49. The molecule has 0 saturated carbocycles. The molecular weight excluding hydrogens is 286 g/mol. The third kappa shape index (κ3) is 7.70. The molecule has 5 nitrogen and oxygen atoms in total. The Labute approximate surface area is 127 Å². The zero-order chi connectivity index (χ0) is 15.6. The Kier molecular flexibility index (Phi) is 7.82. The summed E-state index contributed by atoms with van der Waals surface area (Å²) in [7, 11) is -3.07. The van der Waals surface area contributed by atoms with Crippen LogP contribution in [0, 0.1) is 0 Å². The van der Waals surface area contributed by atoms with Gasteiger partial charge in [-0.2, -0.15) is 0 Å². The second-order valence-corrected chi connectivity index (χ2v) is 6.91. The van der Waals surface area contributed by atoms with Crippen molar-refractivity contribution in [3.63, 3.8) is 0 Å². The van der Waals surface area contributed by atoms with Gasteiger partial charge < -0.3 is 10.6 Å². The van der Waals surface area contributed by atoms with Gasteiger partial charge in [0.15, 0.2) is 15.8 Å². The van der Waals surface area contributed by atoms with Crippen molar-refractivity contribution in [2.75, 3.05) is 25.4 Å². The van der Waals surface area contributed by atoms with E-state index in [-0.39, 0.29) is 11.5 Å². The van der Waals surface area contributed by atoms with Crippen LogP contribution < -0.4 is 10.6 Å². The molecule has 0 aliphatic carbocycles. The van der Waals surface area contributed by atoms with Crippen LogP contribution >= 0.6 is 0 Å². The van der Waals surface area contributed by atoms with Gasteiger partial charge in [-0.05, 0) is 25.8 Å². The average Bonchev–Trinajstić information content (AvgIpc) is 2.44. The van der Waals surface area contributed by atoms with E-state index >= 15 is 0 Å². The van der Waals surface area contributed by atoms with Crippen LogP contribution in [-0.4, -0.2) is 39.8 Å². The Morgan fingerprint density at radius 3 is 2.29 bits per heavy atom. The number of nitrogens with one attached hydrogen (secondary N) is 2. The lowest BCUT2D eigenvalue weighted by atomic mass is 10.2. The van der Waals surface area contributed by atoms with Crippen molar-refractivity contribution < 1.29 is 8.42 Å². The van der Waals surface area contributed by atoms with E-state index in [1.54, 1.807) is 0 Å². The van der Waals surface area contributed by atoms with E-state index in [1.165, 1.54) is 0 Å². The van der Waals surface area contributed by atoms with Crippen molar-refractivity contribution in [1.82, 2.24) is 10.6 Å². The molecule has 0 aromatic heterocycles. The SMILES string of the molecule is CCNC(=NCCCS(=O)(=O)Cc1ccccc1)NCC. The monoisotopic (exact) mass is 311 g/mol. The number of benzene rings is 1. The van der Waals surface area contributed by atoms with Crippen LogP contribution in [0.1, 0.15) is 25.8 Å². The van der Waals surface area contributed by atoms with Crippen molar-refractivity contribution in [3.8, 4) is 0 Å². The second-order valence-electron chi connectivity index (χ2n) is 4.72. The Hall–Kier alpha value is -1.56. The molecule has 0 saturated heterocycles. The smallest absolute Gasteiger partial charge is 0.191 e. The summed E-state index contributed by atoms with van der Waals surface area (Å²) in [5.74, 6) is 1.00. The molecule has 0 fully saturated rings. The van der Waals surface area contributed by atoms with E-state index in [4.69, 9.17) is 0 Å². The number of rotatable bonds is 8. The number of sulfone groups is 1. The maximum absolute atomic E-state index is 12.0. The van der Waals surface area contributed by atoms with Crippen LogP contribution in [0.2, 0.25) is 0 Å². The van der Waals surface area contributed by atoms with Gasteiger partial charge in [0.2, 0.25) is 0 Å². The van der Waals surface area contributed by atoms with Crippen molar-refractivity contribution in [2.24, 2.45) is 4.99 Å². The minimum absolute atomic E-state index is 0.102. The predicted octanol–water partition coefficient (Wildman–Crippen LogP) is 1.57. The summed E-state index contributed by atoms with van der Waals surface area (Å²) in [5.41, 5.74) is 0.835. The standard InChI is InChI=1S/C15H25N3O2S/c1-3-16-15(17-4-2)18-11-8-12-21(19,20)13-14-9-6-5-7-10-14/h5-7,9-10H,3-4,8,11-13H2,1-2H3,(H2,16,17,18). The number of hydrogen-bond acceptors (Lipinski definition) is 3. The fourth-order valence-corrected chi connectivity index (χ4v) is 3.30. The minimum Gasteiger partial charge on any atom is -0.357 e. The highest BCUT2D eigenvalue weighted by Gasteiger charge is 2.11. The van der Waals surface area contributed by atoms with Crippen molar-refractivity contribution in [1.29, 1.82) is 0 Å². The molecule has 1 rings (SSSR count). The van der Waals surface area contributed by atoms with E-state index in [2.05, 4.69) is 15.6 Å². The summed E-state index contributed by atoms with van der Waals surface area (Å²) >= 11 is 0. The number of aliphatic imine (C=N–C) groups is 1. The molecule has 0 unspecified atom stereocenters. The third-order valence-electron chi connectivity index (χ3n) is 2.80. The van der Waals surface area contributed by atoms with Gasteiger partial charge >= 0.3 is 0 Å². The molecule has 0 aliphatic rings. The first-order valence-corrected chi connectivity index (χ1v) is 9.16. The van der Waals surface area contributed by atoms with Crippen LogP contribution in [-0.2, 0) is 15.6 Å². The van der Waals surface area contributed by atoms with E-state index in [1.807, 2.05) is 44.2 Å². The zero-order valence-corrected chi connectivity index (χ0v) is 13.6. The quantitative estimate of drug-likeness (QED) is 0.434. The fourth-order valence-electron chi connectivity index (χ4n) is 1.88. The fraction of sp³-hybridized carbons (Fsp3) is 0.533. The van der Waals surface area contributed by atoms with Gasteiger partial charge in [0, 0.05) is 19.6 Å². The van der Waals surface area contributed by atoms with Crippen LogP contribution in [0.25, 0.3) is 0 Å². The van der Waals surface area contributed by atoms with Gasteiger partial charge in [-0.15, -0.1) is 0 Å².